The van der Waals surface area contributed by atoms with Gasteiger partial charge in [0.1, 0.15) is 0 Å². The van der Waals surface area contributed by atoms with Crippen LogP contribution in [0.1, 0.15) is 46.0 Å². The van der Waals surface area contributed by atoms with Crippen LogP contribution in [-0.4, -0.2) is 17.4 Å². The van der Waals surface area contributed by atoms with Crippen LogP contribution in [0.15, 0.2) is 12.8 Å². The molecule has 0 aliphatic rings. The SMILES string of the molecule is C=CN(C=O)C(CC)CCCCC. The third-order valence-electron chi connectivity index (χ3n) is 2.37. The Morgan fingerprint density at radius 2 is 2.08 bits per heavy atom. The Morgan fingerprint density at radius 1 is 1.38 bits per heavy atom. The second-order valence-electron chi connectivity index (χ2n) is 3.29. The van der Waals surface area contributed by atoms with E-state index in [2.05, 4.69) is 20.4 Å². The van der Waals surface area contributed by atoms with Crippen LogP contribution in [0.4, 0.5) is 0 Å². The third kappa shape index (κ3) is 4.71. The zero-order valence-electron chi connectivity index (χ0n) is 8.83. The van der Waals surface area contributed by atoms with Crippen LogP contribution in [-0.2, 0) is 4.79 Å². The van der Waals surface area contributed by atoms with E-state index in [-0.39, 0.29) is 0 Å². The highest BCUT2D eigenvalue weighted by molar-refractivity contribution is 5.49. The van der Waals surface area contributed by atoms with E-state index in [0.717, 1.165) is 19.3 Å². The first-order valence-electron chi connectivity index (χ1n) is 5.15. The van der Waals surface area contributed by atoms with Gasteiger partial charge in [-0.3, -0.25) is 4.79 Å². The summed E-state index contributed by atoms with van der Waals surface area (Å²) in [7, 11) is 0. The number of carbonyl (C=O) groups excluding carboxylic acids is 1. The van der Waals surface area contributed by atoms with Crippen molar-refractivity contribution in [3.8, 4) is 0 Å². The molecule has 2 heteroatoms. The van der Waals surface area contributed by atoms with Crippen molar-refractivity contribution in [1.82, 2.24) is 4.90 Å². The minimum absolute atomic E-state index is 0.349. The number of nitrogens with zero attached hydrogens (tertiary/aromatic N) is 1. The molecular weight excluding hydrogens is 162 g/mol. The molecule has 2 nitrogen and oxygen atoms in total. The van der Waals surface area contributed by atoms with Gasteiger partial charge in [-0.15, -0.1) is 0 Å². The van der Waals surface area contributed by atoms with Crippen LogP contribution in [0, 0.1) is 0 Å². The number of hydrogen-bond acceptors (Lipinski definition) is 1. The van der Waals surface area contributed by atoms with Crippen molar-refractivity contribution >= 4 is 6.41 Å². The van der Waals surface area contributed by atoms with Gasteiger partial charge in [0.05, 0.1) is 0 Å². The fourth-order valence-corrected chi connectivity index (χ4v) is 1.47. The summed E-state index contributed by atoms with van der Waals surface area (Å²) in [5, 5.41) is 0. The van der Waals surface area contributed by atoms with Gasteiger partial charge < -0.3 is 4.90 Å². The lowest BCUT2D eigenvalue weighted by atomic mass is 10.1. The molecule has 0 aromatic heterocycles. The lowest BCUT2D eigenvalue weighted by Gasteiger charge is -2.23. The fraction of sp³-hybridized carbons (Fsp3) is 0.727. The summed E-state index contributed by atoms with van der Waals surface area (Å²) in [5.74, 6) is 0. The molecule has 0 aromatic rings. The summed E-state index contributed by atoms with van der Waals surface area (Å²) < 4.78 is 0. The molecule has 13 heavy (non-hydrogen) atoms. The van der Waals surface area contributed by atoms with Crippen LogP contribution >= 0.6 is 0 Å². The Bertz CT molecular complexity index is 137. The summed E-state index contributed by atoms with van der Waals surface area (Å²) >= 11 is 0. The second kappa shape index (κ2) is 7.84. The molecule has 0 N–H and O–H groups in total. The molecule has 0 bridgehead atoms. The molecule has 0 radical (unpaired) electrons. The normalized spacial score (nSPS) is 12.2. The zero-order valence-corrected chi connectivity index (χ0v) is 8.83. The minimum atomic E-state index is 0.349. The van der Waals surface area contributed by atoms with Crippen molar-refractivity contribution in [3.05, 3.63) is 12.8 Å². The first kappa shape index (κ1) is 12.2. The molecule has 0 aromatic carbocycles. The van der Waals surface area contributed by atoms with Crippen molar-refractivity contribution in [2.24, 2.45) is 0 Å². The number of unbranched alkanes of at least 4 members (excludes halogenated alkanes) is 2. The average molecular weight is 183 g/mol. The van der Waals surface area contributed by atoms with E-state index in [9.17, 15) is 4.79 Å². The molecule has 0 aliphatic carbocycles. The number of rotatable bonds is 8. The van der Waals surface area contributed by atoms with E-state index < -0.39 is 0 Å². The van der Waals surface area contributed by atoms with E-state index in [4.69, 9.17) is 0 Å². The monoisotopic (exact) mass is 183 g/mol. The molecule has 0 saturated carbocycles. The van der Waals surface area contributed by atoms with Gasteiger partial charge in [0.15, 0.2) is 0 Å². The van der Waals surface area contributed by atoms with E-state index in [1.54, 1.807) is 11.1 Å². The summed E-state index contributed by atoms with van der Waals surface area (Å²) in [4.78, 5) is 12.3. The van der Waals surface area contributed by atoms with Crippen LogP contribution < -0.4 is 0 Å². The van der Waals surface area contributed by atoms with Crippen molar-refractivity contribution in [3.63, 3.8) is 0 Å². The summed E-state index contributed by atoms with van der Waals surface area (Å²) in [6.45, 7) is 7.92. The molecule has 76 valence electrons. The molecule has 1 unspecified atom stereocenters. The molecule has 0 heterocycles. The lowest BCUT2D eigenvalue weighted by Crippen LogP contribution is -2.28. The molecule has 0 spiro atoms. The van der Waals surface area contributed by atoms with Gasteiger partial charge in [0.25, 0.3) is 0 Å². The summed E-state index contributed by atoms with van der Waals surface area (Å²) in [6, 6.07) is 0.349. The lowest BCUT2D eigenvalue weighted by molar-refractivity contribution is -0.117. The predicted molar refractivity (Wildman–Crippen MR) is 56.3 cm³/mol. The number of amides is 1. The number of hydrogen-bond donors (Lipinski definition) is 0. The summed E-state index contributed by atoms with van der Waals surface area (Å²) in [5.41, 5.74) is 0. The topological polar surface area (TPSA) is 20.3 Å². The Kier molecular flexibility index (Phi) is 7.36. The van der Waals surface area contributed by atoms with Gasteiger partial charge in [-0.25, -0.2) is 0 Å². The van der Waals surface area contributed by atoms with E-state index in [0.29, 0.717) is 6.04 Å². The molecule has 0 rings (SSSR count). The molecule has 0 fully saturated rings. The Hall–Kier alpha value is -0.790. The minimum Gasteiger partial charge on any atom is -0.319 e. The van der Waals surface area contributed by atoms with Crippen molar-refractivity contribution < 1.29 is 4.79 Å². The molecule has 0 aliphatic heterocycles. The van der Waals surface area contributed by atoms with Gasteiger partial charge >= 0.3 is 0 Å². The van der Waals surface area contributed by atoms with Crippen LogP contribution in [0.5, 0.6) is 0 Å². The molecule has 1 atom stereocenters. The largest absolute Gasteiger partial charge is 0.319 e. The first-order valence-corrected chi connectivity index (χ1v) is 5.15. The molecule has 0 saturated heterocycles. The predicted octanol–water partition coefficient (Wildman–Crippen LogP) is 2.95. The van der Waals surface area contributed by atoms with Gasteiger partial charge in [0, 0.05) is 6.04 Å². The van der Waals surface area contributed by atoms with Gasteiger partial charge in [-0.1, -0.05) is 39.7 Å². The van der Waals surface area contributed by atoms with E-state index >= 15 is 0 Å². The van der Waals surface area contributed by atoms with Crippen molar-refractivity contribution in [1.29, 1.82) is 0 Å². The summed E-state index contributed by atoms with van der Waals surface area (Å²) in [6.07, 6.45) is 8.27. The average Bonchev–Trinajstić information content (AvgIpc) is 2.17. The van der Waals surface area contributed by atoms with E-state index in [1.165, 1.54) is 19.3 Å². The Labute approximate surface area is 81.6 Å². The van der Waals surface area contributed by atoms with Gasteiger partial charge in [-0.2, -0.15) is 0 Å². The maximum atomic E-state index is 10.6. The van der Waals surface area contributed by atoms with Crippen LogP contribution in [0.25, 0.3) is 0 Å². The van der Waals surface area contributed by atoms with Crippen LogP contribution in [0.3, 0.4) is 0 Å². The Morgan fingerprint density at radius 3 is 2.46 bits per heavy atom. The highest BCUT2D eigenvalue weighted by Gasteiger charge is 2.10. The highest BCUT2D eigenvalue weighted by Crippen LogP contribution is 2.11. The zero-order chi connectivity index (χ0) is 10.1. The smallest absolute Gasteiger partial charge is 0.213 e. The molecular formula is C11H21NO. The van der Waals surface area contributed by atoms with E-state index in [1.807, 2.05) is 0 Å². The maximum Gasteiger partial charge on any atom is 0.213 e. The fourth-order valence-electron chi connectivity index (χ4n) is 1.47. The van der Waals surface area contributed by atoms with Crippen molar-refractivity contribution in [2.45, 2.75) is 52.0 Å². The van der Waals surface area contributed by atoms with Crippen LogP contribution in [0.2, 0.25) is 0 Å². The second-order valence-corrected chi connectivity index (χ2v) is 3.29. The third-order valence-corrected chi connectivity index (χ3v) is 2.37. The maximum absolute atomic E-state index is 10.6. The number of carbonyl (C=O) groups is 1. The van der Waals surface area contributed by atoms with Crippen molar-refractivity contribution in [2.75, 3.05) is 0 Å². The first-order chi connectivity index (χ1) is 6.29. The standard InChI is InChI=1S/C11H21NO/c1-4-7-8-9-11(5-2)12(6-3)10-13/h6,10-11H,3-5,7-9H2,1-2H3. The molecule has 1 amide bonds. The van der Waals surface area contributed by atoms with Gasteiger partial charge in [-0.05, 0) is 19.0 Å². The highest BCUT2D eigenvalue weighted by atomic mass is 16.1. The quantitative estimate of drug-likeness (QED) is 0.418. The van der Waals surface area contributed by atoms with Gasteiger partial charge in [0.2, 0.25) is 6.41 Å². The Balaban J connectivity index is 3.84.